The average molecular weight is 379 g/mol. The minimum Gasteiger partial charge on any atom is -0.360 e. The van der Waals surface area contributed by atoms with Gasteiger partial charge in [-0.1, -0.05) is 19.9 Å². The van der Waals surface area contributed by atoms with Crippen LogP contribution < -0.4 is 10.0 Å². The molecule has 0 radical (unpaired) electrons. The lowest BCUT2D eigenvalue weighted by molar-refractivity contribution is -0.387. The second-order valence-corrected chi connectivity index (χ2v) is 8.20. The number of anilines is 1. The zero-order valence-corrected chi connectivity index (χ0v) is 15.7. The molecule has 0 amide bonds. The van der Waals surface area contributed by atoms with E-state index in [0.717, 1.165) is 23.3 Å². The number of rotatable bonds is 4. The van der Waals surface area contributed by atoms with Gasteiger partial charge in [-0.2, -0.15) is 0 Å². The Morgan fingerprint density at radius 3 is 2.62 bits per heavy atom. The Labute approximate surface area is 151 Å². The van der Waals surface area contributed by atoms with E-state index in [1.165, 1.54) is 6.07 Å². The van der Waals surface area contributed by atoms with Gasteiger partial charge >= 0.3 is 5.69 Å². The summed E-state index contributed by atoms with van der Waals surface area (Å²) in [6, 6.07) is 4.17. The van der Waals surface area contributed by atoms with Gasteiger partial charge in [0.05, 0.1) is 17.2 Å². The van der Waals surface area contributed by atoms with E-state index in [2.05, 4.69) is 23.4 Å². The number of benzene rings is 1. The van der Waals surface area contributed by atoms with Gasteiger partial charge < -0.3 is 9.47 Å². The molecule has 9 nitrogen and oxygen atoms in total. The van der Waals surface area contributed by atoms with Crippen LogP contribution in [0, 0.1) is 10.1 Å². The van der Waals surface area contributed by atoms with Gasteiger partial charge in [0.15, 0.2) is 4.90 Å². The fourth-order valence-corrected chi connectivity index (χ4v) is 4.17. The van der Waals surface area contributed by atoms with Crippen molar-refractivity contribution < 1.29 is 13.3 Å². The van der Waals surface area contributed by atoms with Gasteiger partial charge in [0.25, 0.3) is 0 Å². The Bertz CT molecular complexity index is 981. The summed E-state index contributed by atoms with van der Waals surface area (Å²) in [4.78, 5) is 16.9. The number of hydrogen-bond acceptors (Lipinski definition) is 6. The summed E-state index contributed by atoms with van der Waals surface area (Å²) in [6.45, 7) is 5.03. The molecule has 26 heavy (non-hydrogen) atoms. The highest BCUT2D eigenvalue weighted by atomic mass is 32.2. The van der Waals surface area contributed by atoms with Crippen molar-refractivity contribution in [3.05, 3.63) is 45.5 Å². The van der Waals surface area contributed by atoms with Crippen molar-refractivity contribution in [3.63, 3.8) is 0 Å². The molecule has 2 heterocycles. The van der Waals surface area contributed by atoms with Crippen LogP contribution in [-0.2, 0) is 30.0 Å². The van der Waals surface area contributed by atoms with Crippen LogP contribution in [0.1, 0.15) is 37.0 Å². The summed E-state index contributed by atoms with van der Waals surface area (Å²) in [5.74, 6) is 1.23. The minimum atomic E-state index is -4.20. The third kappa shape index (κ3) is 3.06. The third-order valence-electron chi connectivity index (χ3n) is 4.61. The van der Waals surface area contributed by atoms with Crippen molar-refractivity contribution >= 4 is 21.4 Å². The number of hydrogen-bond donors (Lipinski definition) is 1. The molecule has 0 aliphatic carbocycles. The first-order valence-corrected chi connectivity index (χ1v) is 9.75. The van der Waals surface area contributed by atoms with Gasteiger partial charge in [-0.25, -0.2) is 18.5 Å². The predicted octanol–water partition coefficient (Wildman–Crippen LogP) is 1.66. The van der Waals surface area contributed by atoms with Gasteiger partial charge in [-0.3, -0.25) is 10.1 Å². The number of sulfonamides is 1. The molecular formula is C16H21N5O4S. The van der Waals surface area contributed by atoms with E-state index in [-0.39, 0.29) is 11.6 Å². The van der Waals surface area contributed by atoms with E-state index in [0.29, 0.717) is 19.5 Å². The molecular weight excluding hydrogens is 358 g/mol. The standard InChI is InChI=1S/C16H21N5O4S/c1-10(2)16-18-11-9-20(8-7-12(11)19(16)3)13-5-4-6-14(26(17,24)25)15(13)21(22)23/h4-6,10H,7-9H2,1-3H3,(H2,17,24,25). The largest absolute Gasteiger partial charge is 0.360 e. The molecule has 0 saturated heterocycles. The predicted molar refractivity (Wildman–Crippen MR) is 96.5 cm³/mol. The molecule has 0 bridgehead atoms. The molecule has 10 heteroatoms. The Balaban J connectivity index is 2.07. The van der Waals surface area contributed by atoms with Gasteiger partial charge in [0, 0.05) is 31.6 Å². The van der Waals surface area contributed by atoms with Crippen LogP contribution in [0.3, 0.4) is 0 Å². The number of nitrogens with two attached hydrogens (primary N) is 1. The smallest absolute Gasteiger partial charge is 0.312 e. The monoisotopic (exact) mass is 379 g/mol. The van der Waals surface area contributed by atoms with Gasteiger partial charge in [-0.05, 0) is 12.1 Å². The van der Waals surface area contributed by atoms with Crippen LogP contribution in [0.25, 0.3) is 0 Å². The van der Waals surface area contributed by atoms with Gasteiger partial charge in [0.2, 0.25) is 10.0 Å². The maximum atomic E-state index is 11.8. The molecule has 1 aliphatic rings. The molecule has 0 unspecified atom stereocenters. The molecule has 1 aromatic carbocycles. The quantitative estimate of drug-likeness (QED) is 0.636. The second kappa shape index (κ2) is 6.36. The van der Waals surface area contributed by atoms with Crippen molar-refractivity contribution in [3.8, 4) is 0 Å². The SMILES string of the molecule is CC(C)c1nc2c(n1C)CCN(c1cccc(S(N)(=O)=O)c1[N+](=O)[O-])C2. The normalized spacial score (nSPS) is 14.6. The molecule has 140 valence electrons. The Kier molecular flexibility index (Phi) is 4.49. The summed E-state index contributed by atoms with van der Waals surface area (Å²) in [6.07, 6.45) is 0.669. The van der Waals surface area contributed by atoms with E-state index in [9.17, 15) is 18.5 Å². The van der Waals surface area contributed by atoms with Crippen molar-refractivity contribution in [2.75, 3.05) is 11.4 Å². The van der Waals surface area contributed by atoms with E-state index < -0.39 is 25.5 Å². The summed E-state index contributed by atoms with van der Waals surface area (Å²) in [5, 5.41) is 16.7. The lowest BCUT2D eigenvalue weighted by Gasteiger charge is -2.28. The molecule has 1 aliphatic heterocycles. The van der Waals surface area contributed by atoms with Crippen LogP contribution >= 0.6 is 0 Å². The maximum Gasteiger partial charge on any atom is 0.312 e. The van der Waals surface area contributed by atoms with E-state index in [4.69, 9.17) is 5.14 Å². The van der Waals surface area contributed by atoms with Crippen molar-refractivity contribution in [2.45, 2.75) is 37.6 Å². The Morgan fingerprint density at radius 1 is 1.35 bits per heavy atom. The van der Waals surface area contributed by atoms with Crippen LogP contribution in [0.5, 0.6) is 0 Å². The first-order valence-electron chi connectivity index (χ1n) is 8.20. The minimum absolute atomic E-state index is 0.240. The van der Waals surface area contributed by atoms with Crippen LogP contribution in [0.15, 0.2) is 23.1 Å². The molecule has 0 saturated carbocycles. The highest BCUT2D eigenvalue weighted by molar-refractivity contribution is 7.89. The number of aromatic nitrogens is 2. The second-order valence-electron chi connectivity index (χ2n) is 6.67. The number of nitro benzene ring substituents is 1. The molecule has 3 rings (SSSR count). The molecule has 0 atom stereocenters. The molecule has 2 aromatic rings. The Hall–Kier alpha value is -2.46. The van der Waals surface area contributed by atoms with E-state index in [1.807, 2.05) is 7.05 Å². The van der Waals surface area contributed by atoms with E-state index >= 15 is 0 Å². The zero-order chi connectivity index (χ0) is 19.2. The summed E-state index contributed by atoms with van der Waals surface area (Å²) in [7, 11) is -2.23. The third-order valence-corrected chi connectivity index (χ3v) is 5.56. The summed E-state index contributed by atoms with van der Waals surface area (Å²) in [5.41, 5.74) is 1.72. The number of fused-ring (bicyclic) bond motifs is 1. The number of nitro groups is 1. The number of nitrogens with zero attached hydrogens (tertiary/aromatic N) is 4. The fourth-order valence-electron chi connectivity index (χ4n) is 3.45. The average Bonchev–Trinajstić information content (AvgIpc) is 2.90. The van der Waals surface area contributed by atoms with Crippen molar-refractivity contribution in [2.24, 2.45) is 12.2 Å². The zero-order valence-electron chi connectivity index (χ0n) is 14.8. The Morgan fingerprint density at radius 2 is 2.04 bits per heavy atom. The van der Waals surface area contributed by atoms with Gasteiger partial charge in [-0.15, -0.1) is 0 Å². The van der Waals surface area contributed by atoms with Crippen LogP contribution in [0.4, 0.5) is 11.4 Å². The highest BCUT2D eigenvalue weighted by Gasteiger charge is 2.32. The fraction of sp³-hybridized carbons (Fsp3) is 0.438. The molecule has 0 fully saturated rings. The topological polar surface area (TPSA) is 124 Å². The number of imidazole rings is 1. The molecule has 0 spiro atoms. The van der Waals surface area contributed by atoms with E-state index in [1.54, 1.807) is 11.0 Å². The van der Waals surface area contributed by atoms with Gasteiger partial charge in [0.1, 0.15) is 11.5 Å². The number of primary sulfonamides is 1. The summed E-state index contributed by atoms with van der Waals surface area (Å²) >= 11 is 0. The van der Waals surface area contributed by atoms with Crippen molar-refractivity contribution in [1.29, 1.82) is 0 Å². The van der Waals surface area contributed by atoms with Crippen LogP contribution in [-0.4, -0.2) is 29.4 Å². The lowest BCUT2D eigenvalue weighted by Crippen LogP contribution is -2.32. The first kappa shape index (κ1) is 18.3. The number of para-hydroxylation sites is 1. The molecule has 2 N–H and O–H groups in total. The molecule has 1 aromatic heterocycles. The van der Waals surface area contributed by atoms with Crippen molar-refractivity contribution in [1.82, 2.24) is 9.55 Å². The summed E-state index contributed by atoms with van der Waals surface area (Å²) < 4.78 is 25.6. The maximum absolute atomic E-state index is 11.8. The van der Waals surface area contributed by atoms with Crippen LogP contribution in [0.2, 0.25) is 0 Å². The lowest BCUT2D eigenvalue weighted by atomic mass is 10.1. The first-order chi connectivity index (χ1) is 12.1. The highest BCUT2D eigenvalue weighted by Crippen LogP contribution is 2.36.